The molecule has 0 unspecified atom stereocenters. The molecule has 0 saturated carbocycles. The van der Waals surface area contributed by atoms with Gasteiger partial charge in [0.1, 0.15) is 5.75 Å². The Hall–Kier alpha value is -1.51. The molecule has 1 saturated heterocycles. The summed E-state index contributed by atoms with van der Waals surface area (Å²) in [6.45, 7) is 0.778. The number of nitrogens with one attached hydrogen (secondary N) is 1. The van der Waals surface area contributed by atoms with E-state index >= 15 is 0 Å². The second kappa shape index (κ2) is 4.34. The number of hydrogen-bond acceptors (Lipinski definition) is 2. The molecular weight excluding hydrogens is 190 g/mol. The molecule has 1 fully saturated rings. The number of rotatable bonds is 2. The minimum atomic E-state index is 0.147. The lowest BCUT2D eigenvalue weighted by Crippen LogP contribution is -2.32. The van der Waals surface area contributed by atoms with Gasteiger partial charge >= 0.3 is 0 Å². The van der Waals surface area contributed by atoms with Crippen LogP contribution in [0.15, 0.2) is 24.3 Å². The van der Waals surface area contributed by atoms with Crippen molar-refractivity contribution in [3.8, 4) is 5.75 Å². The van der Waals surface area contributed by atoms with Gasteiger partial charge in [-0.25, -0.2) is 0 Å². The van der Waals surface area contributed by atoms with Gasteiger partial charge in [-0.15, -0.1) is 0 Å². The second-order valence-corrected chi connectivity index (χ2v) is 3.82. The largest absolute Gasteiger partial charge is 0.497 e. The van der Waals surface area contributed by atoms with Crippen LogP contribution >= 0.6 is 0 Å². The quantitative estimate of drug-likeness (QED) is 0.797. The minimum Gasteiger partial charge on any atom is -0.497 e. The smallest absolute Gasteiger partial charge is 0.220 e. The fourth-order valence-electron chi connectivity index (χ4n) is 1.96. The van der Waals surface area contributed by atoms with Crippen LogP contribution in [0.25, 0.3) is 0 Å². The van der Waals surface area contributed by atoms with Gasteiger partial charge in [-0.3, -0.25) is 4.79 Å². The van der Waals surface area contributed by atoms with Crippen molar-refractivity contribution < 1.29 is 9.53 Å². The number of carbonyl (C=O) groups excluding carboxylic acids is 1. The van der Waals surface area contributed by atoms with Crippen LogP contribution in [0, 0.1) is 0 Å². The second-order valence-electron chi connectivity index (χ2n) is 3.82. The number of methoxy groups -OCH3 is 1. The van der Waals surface area contributed by atoms with Gasteiger partial charge in [0.2, 0.25) is 5.91 Å². The van der Waals surface area contributed by atoms with Crippen molar-refractivity contribution >= 4 is 5.91 Å². The molecule has 80 valence electrons. The van der Waals surface area contributed by atoms with Gasteiger partial charge in [0.25, 0.3) is 0 Å². The summed E-state index contributed by atoms with van der Waals surface area (Å²) >= 11 is 0. The Morgan fingerprint density at radius 3 is 3.07 bits per heavy atom. The fourth-order valence-corrected chi connectivity index (χ4v) is 1.96. The van der Waals surface area contributed by atoms with Crippen molar-refractivity contribution in [2.45, 2.75) is 18.8 Å². The van der Waals surface area contributed by atoms with Crippen LogP contribution in [-0.4, -0.2) is 19.6 Å². The molecule has 3 nitrogen and oxygen atoms in total. The Bertz CT molecular complexity index is 362. The third-order valence-corrected chi connectivity index (χ3v) is 2.81. The van der Waals surface area contributed by atoms with Gasteiger partial charge in [-0.1, -0.05) is 12.1 Å². The first kappa shape index (κ1) is 10.0. The summed E-state index contributed by atoms with van der Waals surface area (Å²) in [7, 11) is 1.66. The van der Waals surface area contributed by atoms with Crippen molar-refractivity contribution in [2.24, 2.45) is 0 Å². The molecule has 1 N–H and O–H groups in total. The molecule has 0 aliphatic carbocycles. The Kier molecular flexibility index (Phi) is 2.90. The maximum atomic E-state index is 11.3. The molecule has 1 aromatic rings. The van der Waals surface area contributed by atoms with E-state index in [9.17, 15) is 4.79 Å². The zero-order valence-corrected chi connectivity index (χ0v) is 8.82. The lowest BCUT2D eigenvalue weighted by Gasteiger charge is -2.22. The average Bonchev–Trinajstić information content (AvgIpc) is 2.29. The van der Waals surface area contributed by atoms with E-state index in [0.717, 1.165) is 18.7 Å². The Labute approximate surface area is 89.4 Å². The van der Waals surface area contributed by atoms with Crippen LogP contribution in [0.1, 0.15) is 24.3 Å². The number of ether oxygens (including phenoxy) is 1. The SMILES string of the molecule is COc1cccc([C@@H]2CCNC(=O)C2)c1. The van der Waals surface area contributed by atoms with E-state index in [-0.39, 0.29) is 5.91 Å². The Morgan fingerprint density at radius 2 is 2.33 bits per heavy atom. The van der Waals surface area contributed by atoms with E-state index in [0.29, 0.717) is 12.3 Å². The monoisotopic (exact) mass is 205 g/mol. The van der Waals surface area contributed by atoms with E-state index in [4.69, 9.17) is 4.74 Å². The maximum absolute atomic E-state index is 11.3. The molecule has 0 aromatic heterocycles. The standard InChI is InChI=1S/C12H15NO2/c1-15-11-4-2-3-9(7-11)10-5-6-13-12(14)8-10/h2-4,7,10H,5-6,8H2,1H3,(H,13,14)/t10-/m1/s1. The van der Waals surface area contributed by atoms with Crippen LogP contribution in [0.4, 0.5) is 0 Å². The van der Waals surface area contributed by atoms with Gasteiger partial charge in [-0.2, -0.15) is 0 Å². The minimum absolute atomic E-state index is 0.147. The maximum Gasteiger partial charge on any atom is 0.220 e. The summed E-state index contributed by atoms with van der Waals surface area (Å²) < 4.78 is 5.17. The summed E-state index contributed by atoms with van der Waals surface area (Å²) in [6.07, 6.45) is 1.60. The average molecular weight is 205 g/mol. The number of carbonyl (C=O) groups is 1. The van der Waals surface area contributed by atoms with Crippen LogP contribution in [0.5, 0.6) is 5.75 Å². The first-order valence-corrected chi connectivity index (χ1v) is 5.20. The molecule has 0 radical (unpaired) electrons. The fraction of sp³-hybridized carbons (Fsp3) is 0.417. The van der Waals surface area contributed by atoms with Crippen molar-refractivity contribution in [1.82, 2.24) is 5.32 Å². The van der Waals surface area contributed by atoms with E-state index in [2.05, 4.69) is 11.4 Å². The van der Waals surface area contributed by atoms with Crippen molar-refractivity contribution in [2.75, 3.05) is 13.7 Å². The van der Waals surface area contributed by atoms with Crippen molar-refractivity contribution in [3.05, 3.63) is 29.8 Å². The molecule has 1 amide bonds. The van der Waals surface area contributed by atoms with Crippen molar-refractivity contribution in [1.29, 1.82) is 0 Å². The van der Waals surface area contributed by atoms with Crippen LogP contribution in [0.2, 0.25) is 0 Å². The summed E-state index contributed by atoms with van der Waals surface area (Å²) in [5.74, 6) is 1.35. The van der Waals surface area contributed by atoms with Gasteiger partial charge in [0.15, 0.2) is 0 Å². The molecule has 2 rings (SSSR count). The van der Waals surface area contributed by atoms with Crippen LogP contribution < -0.4 is 10.1 Å². The molecule has 1 aromatic carbocycles. The molecule has 1 aliphatic heterocycles. The number of amides is 1. The third kappa shape index (κ3) is 2.29. The van der Waals surface area contributed by atoms with Gasteiger partial charge in [-0.05, 0) is 30.0 Å². The lowest BCUT2D eigenvalue weighted by molar-refractivity contribution is -0.122. The van der Waals surface area contributed by atoms with Crippen molar-refractivity contribution in [3.63, 3.8) is 0 Å². The Morgan fingerprint density at radius 1 is 1.47 bits per heavy atom. The summed E-state index contributed by atoms with van der Waals surface area (Å²) in [5.41, 5.74) is 1.20. The first-order valence-electron chi connectivity index (χ1n) is 5.20. The van der Waals surface area contributed by atoms with Crippen LogP contribution in [0.3, 0.4) is 0 Å². The van der Waals surface area contributed by atoms with Crippen LogP contribution in [-0.2, 0) is 4.79 Å². The topological polar surface area (TPSA) is 38.3 Å². The highest BCUT2D eigenvalue weighted by Gasteiger charge is 2.20. The van der Waals surface area contributed by atoms with E-state index in [1.54, 1.807) is 7.11 Å². The highest BCUT2D eigenvalue weighted by molar-refractivity contribution is 5.77. The molecule has 0 bridgehead atoms. The molecule has 1 atom stereocenters. The first-order chi connectivity index (χ1) is 7.29. The van der Waals surface area contributed by atoms with E-state index < -0.39 is 0 Å². The third-order valence-electron chi connectivity index (χ3n) is 2.81. The Balaban J connectivity index is 2.17. The molecule has 1 heterocycles. The molecule has 0 spiro atoms. The van der Waals surface area contributed by atoms with Gasteiger partial charge < -0.3 is 10.1 Å². The molecular formula is C12H15NO2. The lowest BCUT2D eigenvalue weighted by atomic mass is 9.90. The summed E-state index contributed by atoms with van der Waals surface area (Å²) in [4.78, 5) is 11.3. The number of piperidine rings is 1. The summed E-state index contributed by atoms with van der Waals surface area (Å²) in [5, 5.41) is 2.84. The molecule has 3 heteroatoms. The number of hydrogen-bond donors (Lipinski definition) is 1. The normalized spacial score (nSPS) is 20.9. The number of benzene rings is 1. The zero-order valence-electron chi connectivity index (χ0n) is 8.82. The van der Waals surface area contributed by atoms with Gasteiger partial charge in [0.05, 0.1) is 7.11 Å². The predicted octanol–water partition coefficient (Wildman–Crippen LogP) is 1.69. The predicted molar refractivity (Wildman–Crippen MR) is 58.0 cm³/mol. The van der Waals surface area contributed by atoms with E-state index in [1.165, 1.54) is 5.56 Å². The zero-order chi connectivity index (χ0) is 10.7. The van der Waals surface area contributed by atoms with Gasteiger partial charge in [0, 0.05) is 13.0 Å². The summed E-state index contributed by atoms with van der Waals surface area (Å²) in [6, 6.07) is 7.97. The highest BCUT2D eigenvalue weighted by atomic mass is 16.5. The molecule has 15 heavy (non-hydrogen) atoms. The highest BCUT2D eigenvalue weighted by Crippen LogP contribution is 2.27. The molecule has 1 aliphatic rings. The van der Waals surface area contributed by atoms with E-state index in [1.807, 2.05) is 18.2 Å².